The van der Waals surface area contributed by atoms with E-state index < -0.39 is 11.6 Å². The van der Waals surface area contributed by atoms with Crippen LogP contribution < -0.4 is 10.5 Å². The molecule has 0 spiro atoms. The smallest absolute Gasteiger partial charge is 0.266 e. The molecule has 0 saturated heterocycles. The summed E-state index contributed by atoms with van der Waals surface area (Å²) < 4.78 is 28.3. The lowest BCUT2D eigenvalue weighted by molar-refractivity contribution is 0.507. The third-order valence-corrected chi connectivity index (χ3v) is 5.73. The largest absolute Gasteiger partial charge is 0.378 e. The Balaban J connectivity index is 1.79. The van der Waals surface area contributed by atoms with Crippen molar-refractivity contribution in [1.29, 1.82) is 0 Å². The maximum Gasteiger partial charge on any atom is 0.266 e. The van der Waals surface area contributed by atoms with E-state index in [1.54, 1.807) is 22.8 Å². The van der Waals surface area contributed by atoms with Crippen LogP contribution in [0.1, 0.15) is 5.56 Å². The Morgan fingerprint density at radius 1 is 0.967 bits per heavy atom. The molecule has 0 unspecified atom stereocenters. The Morgan fingerprint density at radius 3 is 2.40 bits per heavy atom. The molecule has 0 N–H and O–H groups in total. The van der Waals surface area contributed by atoms with Gasteiger partial charge in [0, 0.05) is 25.5 Å². The maximum absolute atomic E-state index is 13.6. The van der Waals surface area contributed by atoms with Crippen molar-refractivity contribution in [3.8, 4) is 5.69 Å². The zero-order chi connectivity index (χ0) is 21.3. The molecule has 0 bridgehead atoms. The van der Waals surface area contributed by atoms with Crippen LogP contribution in [0.5, 0.6) is 0 Å². The van der Waals surface area contributed by atoms with Crippen molar-refractivity contribution in [2.45, 2.75) is 10.9 Å². The molecule has 4 nitrogen and oxygen atoms in total. The number of nitrogens with zero attached hydrogens (tertiary/aromatic N) is 3. The predicted molar refractivity (Wildman–Crippen MR) is 118 cm³/mol. The zero-order valence-electron chi connectivity index (χ0n) is 16.5. The van der Waals surface area contributed by atoms with E-state index in [0.29, 0.717) is 33.1 Å². The Hall–Kier alpha value is -3.19. The first kappa shape index (κ1) is 20.1. The number of hydrogen-bond donors (Lipinski definition) is 0. The fraction of sp³-hybridized carbons (Fsp3) is 0.130. The van der Waals surface area contributed by atoms with Gasteiger partial charge in [0.15, 0.2) is 16.8 Å². The van der Waals surface area contributed by atoms with Gasteiger partial charge in [-0.1, -0.05) is 30.0 Å². The minimum absolute atomic E-state index is 0.175. The summed E-state index contributed by atoms with van der Waals surface area (Å²) in [5.74, 6) is -1.43. The van der Waals surface area contributed by atoms with Gasteiger partial charge in [-0.05, 0) is 54.1 Å². The summed E-state index contributed by atoms with van der Waals surface area (Å²) >= 11 is 1.30. The molecule has 0 aliphatic rings. The first-order valence-electron chi connectivity index (χ1n) is 9.30. The van der Waals surface area contributed by atoms with Gasteiger partial charge in [-0.2, -0.15) is 0 Å². The van der Waals surface area contributed by atoms with Gasteiger partial charge in [0.05, 0.1) is 16.6 Å². The number of thioether (sulfide) groups is 1. The molecule has 0 amide bonds. The highest BCUT2D eigenvalue weighted by Crippen LogP contribution is 2.26. The minimum Gasteiger partial charge on any atom is -0.378 e. The fourth-order valence-electron chi connectivity index (χ4n) is 3.11. The van der Waals surface area contributed by atoms with E-state index in [1.807, 2.05) is 49.3 Å². The van der Waals surface area contributed by atoms with E-state index in [4.69, 9.17) is 0 Å². The summed E-state index contributed by atoms with van der Waals surface area (Å²) in [5, 5.41) is 1.01. The van der Waals surface area contributed by atoms with Gasteiger partial charge in [0.2, 0.25) is 0 Å². The normalized spacial score (nSPS) is 11.1. The highest BCUT2D eigenvalue weighted by molar-refractivity contribution is 7.98. The van der Waals surface area contributed by atoms with Gasteiger partial charge in [-0.3, -0.25) is 9.36 Å². The summed E-state index contributed by atoms with van der Waals surface area (Å²) in [5.41, 5.74) is 2.73. The van der Waals surface area contributed by atoms with Crippen molar-refractivity contribution in [2.24, 2.45) is 0 Å². The van der Waals surface area contributed by atoms with Gasteiger partial charge in [-0.15, -0.1) is 0 Å². The molecule has 0 aliphatic carbocycles. The summed E-state index contributed by atoms with van der Waals surface area (Å²) in [6.07, 6.45) is 0. The van der Waals surface area contributed by atoms with Crippen molar-refractivity contribution < 1.29 is 8.78 Å². The molecule has 0 saturated carbocycles. The molecule has 0 fully saturated rings. The van der Waals surface area contributed by atoms with Crippen LogP contribution in [0.3, 0.4) is 0 Å². The summed E-state index contributed by atoms with van der Waals surface area (Å²) in [4.78, 5) is 19.9. The van der Waals surface area contributed by atoms with Crippen LogP contribution in [0.25, 0.3) is 16.6 Å². The minimum atomic E-state index is -0.892. The number of para-hydroxylation sites is 1. The monoisotopic (exact) mass is 423 g/mol. The van der Waals surface area contributed by atoms with E-state index in [9.17, 15) is 13.6 Å². The Morgan fingerprint density at radius 2 is 1.70 bits per heavy atom. The van der Waals surface area contributed by atoms with Crippen molar-refractivity contribution in [1.82, 2.24) is 9.55 Å². The average molecular weight is 423 g/mol. The number of aromatic nitrogens is 2. The molecule has 0 aliphatic heterocycles. The topological polar surface area (TPSA) is 38.1 Å². The predicted octanol–water partition coefficient (Wildman–Crippen LogP) is 5.02. The Labute approximate surface area is 176 Å². The molecule has 4 rings (SSSR count). The molecule has 7 heteroatoms. The van der Waals surface area contributed by atoms with Gasteiger partial charge < -0.3 is 4.90 Å². The van der Waals surface area contributed by atoms with Crippen LogP contribution in [-0.4, -0.2) is 23.6 Å². The quantitative estimate of drug-likeness (QED) is 0.334. The van der Waals surface area contributed by atoms with Crippen LogP contribution in [-0.2, 0) is 5.75 Å². The van der Waals surface area contributed by atoms with Gasteiger partial charge >= 0.3 is 0 Å². The number of benzene rings is 3. The van der Waals surface area contributed by atoms with E-state index in [1.165, 1.54) is 17.8 Å². The van der Waals surface area contributed by atoms with Crippen LogP contribution in [0.15, 0.2) is 76.7 Å². The number of fused-ring (bicyclic) bond motifs is 1. The second kappa shape index (κ2) is 8.28. The number of halogens is 2. The molecule has 3 aromatic carbocycles. The van der Waals surface area contributed by atoms with Crippen molar-refractivity contribution in [3.63, 3.8) is 0 Å². The molecule has 1 aromatic heterocycles. The average Bonchev–Trinajstić information content (AvgIpc) is 2.75. The molecule has 30 heavy (non-hydrogen) atoms. The van der Waals surface area contributed by atoms with Crippen LogP contribution in [0.4, 0.5) is 14.5 Å². The number of anilines is 1. The van der Waals surface area contributed by atoms with Gasteiger partial charge in [0.25, 0.3) is 5.56 Å². The van der Waals surface area contributed by atoms with E-state index in [-0.39, 0.29) is 5.56 Å². The molecule has 4 aromatic rings. The lowest BCUT2D eigenvalue weighted by Crippen LogP contribution is -2.22. The Kier molecular flexibility index (Phi) is 5.55. The Bertz CT molecular complexity index is 1270. The highest BCUT2D eigenvalue weighted by atomic mass is 32.2. The molecule has 0 atom stereocenters. The van der Waals surface area contributed by atoms with Crippen LogP contribution in [0, 0.1) is 11.6 Å². The summed E-state index contributed by atoms with van der Waals surface area (Å²) in [6, 6.07) is 18.6. The van der Waals surface area contributed by atoms with Gasteiger partial charge in [0.1, 0.15) is 0 Å². The number of rotatable bonds is 5. The van der Waals surface area contributed by atoms with E-state index in [2.05, 4.69) is 4.98 Å². The van der Waals surface area contributed by atoms with Gasteiger partial charge in [-0.25, -0.2) is 13.8 Å². The second-order valence-corrected chi connectivity index (χ2v) is 7.94. The van der Waals surface area contributed by atoms with E-state index in [0.717, 1.165) is 17.8 Å². The van der Waals surface area contributed by atoms with E-state index >= 15 is 0 Å². The van der Waals surface area contributed by atoms with Crippen LogP contribution in [0.2, 0.25) is 0 Å². The molecular formula is C23H19F2N3OS. The highest BCUT2D eigenvalue weighted by Gasteiger charge is 2.14. The van der Waals surface area contributed by atoms with Crippen molar-refractivity contribution >= 4 is 28.4 Å². The third-order valence-electron chi connectivity index (χ3n) is 4.72. The second-order valence-electron chi connectivity index (χ2n) is 7.00. The summed E-state index contributed by atoms with van der Waals surface area (Å²) in [7, 11) is 3.89. The fourth-order valence-corrected chi connectivity index (χ4v) is 4.07. The molecule has 0 radical (unpaired) electrons. The SMILES string of the molecule is CN(C)c1ccc(-n2c(SCc3ccc(F)c(F)c3)nc3ccccc3c2=O)cc1. The van der Waals surface area contributed by atoms with Crippen molar-refractivity contribution in [2.75, 3.05) is 19.0 Å². The molecule has 152 valence electrons. The number of hydrogen-bond acceptors (Lipinski definition) is 4. The third kappa shape index (κ3) is 3.93. The van der Waals surface area contributed by atoms with Crippen LogP contribution >= 0.6 is 11.8 Å². The molecular weight excluding hydrogens is 404 g/mol. The first-order chi connectivity index (χ1) is 14.4. The molecule has 1 heterocycles. The van der Waals surface area contributed by atoms with Crippen molar-refractivity contribution in [3.05, 3.63) is 94.3 Å². The summed E-state index contributed by atoms with van der Waals surface area (Å²) in [6.45, 7) is 0. The lowest BCUT2D eigenvalue weighted by Gasteiger charge is -2.16. The first-order valence-corrected chi connectivity index (χ1v) is 10.3. The lowest BCUT2D eigenvalue weighted by atomic mass is 10.2. The standard InChI is InChI=1S/C23H19F2N3OS/c1-27(2)16-8-10-17(11-9-16)28-22(29)18-5-3-4-6-21(18)26-23(28)30-14-15-7-12-19(24)20(25)13-15/h3-13H,14H2,1-2H3. The zero-order valence-corrected chi connectivity index (χ0v) is 17.3. The maximum atomic E-state index is 13.6.